The first kappa shape index (κ1) is 18.6. The van der Waals surface area contributed by atoms with Crippen LogP contribution in [-0.4, -0.2) is 10.9 Å². The third-order valence-corrected chi connectivity index (χ3v) is 4.73. The molecule has 26 heavy (non-hydrogen) atoms. The standard InChI is InChI=1S/C19H12Cl3FN2O/c20-14-6-3-11(8-16(14)22)10-25-19(26)12-4-5-13(17(23)9-12)18-15(21)2-1-7-24-18/h1-9H,10H2,(H,25,26). The van der Waals surface area contributed by atoms with E-state index >= 15 is 0 Å². The first-order valence-corrected chi connectivity index (χ1v) is 8.71. The third-order valence-electron chi connectivity index (χ3n) is 3.68. The van der Waals surface area contributed by atoms with Gasteiger partial charge in [0.1, 0.15) is 5.82 Å². The number of carbonyl (C=O) groups excluding carboxylic acids is 1. The highest BCUT2D eigenvalue weighted by molar-refractivity contribution is 6.42. The fourth-order valence-electron chi connectivity index (χ4n) is 2.37. The van der Waals surface area contributed by atoms with Crippen LogP contribution < -0.4 is 5.32 Å². The van der Waals surface area contributed by atoms with Crippen LogP contribution in [0.3, 0.4) is 0 Å². The van der Waals surface area contributed by atoms with Gasteiger partial charge in [0.25, 0.3) is 5.91 Å². The van der Waals surface area contributed by atoms with Gasteiger partial charge in [0.05, 0.1) is 20.8 Å². The number of benzene rings is 2. The summed E-state index contributed by atoms with van der Waals surface area (Å²) in [4.78, 5) is 16.3. The Morgan fingerprint density at radius 1 is 1.00 bits per heavy atom. The summed E-state index contributed by atoms with van der Waals surface area (Å²) >= 11 is 17.8. The Balaban J connectivity index is 1.75. The zero-order chi connectivity index (χ0) is 18.7. The zero-order valence-corrected chi connectivity index (χ0v) is 15.5. The van der Waals surface area contributed by atoms with E-state index in [-0.39, 0.29) is 17.7 Å². The van der Waals surface area contributed by atoms with Crippen molar-refractivity contribution in [2.45, 2.75) is 6.54 Å². The number of hydrogen-bond donors (Lipinski definition) is 1. The SMILES string of the molecule is O=C(NCc1ccc(Cl)c(Cl)c1)c1ccc(-c2ncccc2Cl)c(F)c1. The van der Waals surface area contributed by atoms with Gasteiger partial charge in [0.15, 0.2) is 0 Å². The summed E-state index contributed by atoms with van der Waals surface area (Å²) in [5.74, 6) is -0.985. The summed E-state index contributed by atoms with van der Waals surface area (Å²) in [6, 6.07) is 12.5. The highest BCUT2D eigenvalue weighted by atomic mass is 35.5. The predicted octanol–water partition coefficient (Wildman–Crippen LogP) is 5.78. The van der Waals surface area contributed by atoms with Crippen LogP contribution in [0.15, 0.2) is 54.7 Å². The van der Waals surface area contributed by atoms with Crippen LogP contribution >= 0.6 is 34.8 Å². The van der Waals surface area contributed by atoms with E-state index < -0.39 is 11.7 Å². The molecule has 1 amide bonds. The molecular weight excluding hydrogens is 398 g/mol. The second kappa shape index (κ2) is 8.04. The van der Waals surface area contributed by atoms with Gasteiger partial charge in [-0.05, 0) is 48.0 Å². The van der Waals surface area contributed by atoms with Crippen LogP contribution in [0.5, 0.6) is 0 Å². The van der Waals surface area contributed by atoms with Crippen molar-refractivity contribution in [3.05, 3.63) is 86.7 Å². The molecule has 0 spiro atoms. The molecule has 0 saturated carbocycles. The minimum absolute atomic E-state index is 0.193. The minimum atomic E-state index is -0.576. The Morgan fingerprint density at radius 2 is 1.81 bits per heavy atom. The largest absolute Gasteiger partial charge is 0.348 e. The van der Waals surface area contributed by atoms with E-state index in [0.29, 0.717) is 20.8 Å². The van der Waals surface area contributed by atoms with Crippen LogP contribution in [0.1, 0.15) is 15.9 Å². The first-order chi connectivity index (χ1) is 12.5. The molecule has 1 aromatic heterocycles. The fourth-order valence-corrected chi connectivity index (χ4v) is 2.91. The maximum Gasteiger partial charge on any atom is 0.251 e. The quantitative estimate of drug-likeness (QED) is 0.593. The average Bonchev–Trinajstić information content (AvgIpc) is 2.63. The minimum Gasteiger partial charge on any atom is -0.348 e. The van der Waals surface area contributed by atoms with Gasteiger partial charge in [0, 0.05) is 23.9 Å². The van der Waals surface area contributed by atoms with E-state index in [1.807, 2.05) is 0 Å². The molecule has 0 aliphatic carbocycles. The van der Waals surface area contributed by atoms with Gasteiger partial charge in [-0.3, -0.25) is 9.78 Å². The zero-order valence-electron chi connectivity index (χ0n) is 13.3. The molecule has 7 heteroatoms. The van der Waals surface area contributed by atoms with Crippen LogP contribution in [0.25, 0.3) is 11.3 Å². The Bertz CT molecular complexity index is 979. The average molecular weight is 410 g/mol. The van der Waals surface area contributed by atoms with E-state index in [4.69, 9.17) is 34.8 Å². The number of nitrogens with one attached hydrogen (secondary N) is 1. The van der Waals surface area contributed by atoms with Crippen LogP contribution in [-0.2, 0) is 6.54 Å². The van der Waals surface area contributed by atoms with Crippen molar-refractivity contribution < 1.29 is 9.18 Å². The molecule has 3 aromatic rings. The van der Waals surface area contributed by atoms with Gasteiger partial charge in [-0.25, -0.2) is 4.39 Å². The molecule has 0 saturated heterocycles. The Hall–Kier alpha value is -2.14. The highest BCUT2D eigenvalue weighted by Crippen LogP contribution is 2.28. The van der Waals surface area contributed by atoms with Gasteiger partial charge in [-0.2, -0.15) is 0 Å². The number of amides is 1. The summed E-state index contributed by atoms with van der Waals surface area (Å²) in [5.41, 5.74) is 1.54. The number of carbonyl (C=O) groups is 1. The topological polar surface area (TPSA) is 42.0 Å². The lowest BCUT2D eigenvalue weighted by molar-refractivity contribution is 0.0950. The molecule has 3 nitrogen and oxygen atoms in total. The third kappa shape index (κ3) is 4.15. The lowest BCUT2D eigenvalue weighted by Crippen LogP contribution is -2.22. The molecule has 0 aliphatic rings. The molecule has 3 rings (SSSR count). The number of pyridine rings is 1. The van der Waals surface area contributed by atoms with Crippen LogP contribution in [0.4, 0.5) is 4.39 Å². The van der Waals surface area contributed by atoms with Gasteiger partial charge in [-0.1, -0.05) is 40.9 Å². The van der Waals surface area contributed by atoms with E-state index in [9.17, 15) is 9.18 Å². The number of rotatable bonds is 4. The normalized spacial score (nSPS) is 10.6. The summed E-state index contributed by atoms with van der Waals surface area (Å²) in [6.07, 6.45) is 1.53. The predicted molar refractivity (Wildman–Crippen MR) is 102 cm³/mol. The van der Waals surface area contributed by atoms with Gasteiger partial charge < -0.3 is 5.32 Å². The van der Waals surface area contributed by atoms with Crippen molar-refractivity contribution in [2.24, 2.45) is 0 Å². The van der Waals surface area contributed by atoms with Crippen molar-refractivity contribution in [3.8, 4) is 11.3 Å². The maximum absolute atomic E-state index is 14.4. The van der Waals surface area contributed by atoms with Crippen LogP contribution in [0, 0.1) is 5.82 Å². The van der Waals surface area contributed by atoms with E-state index in [1.165, 1.54) is 18.3 Å². The molecule has 1 heterocycles. The summed E-state index contributed by atoms with van der Waals surface area (Å²) in [6.45, 7) is 0.241. The van der Waals surface area contributed by atoms with Gasteiger partial charge in [0.2, 0.25) is 0 Å². The Morgan fingerprint density at radius 3 is 2.50 bits per heavy atom. The van der Waals surface area contributed by atoms with E-state index in [0.717, 1.165) is 11.6 Å². The lowest BCUT2D eigenvalue weighted by Gasteiger charge is -2.09. The fraction of sp³-hybridized carbons (Fsp3) is 0.0526. The van der Waals surface area contributed by atoms with E-state index in [1.54, 1.807) is 30.3 Å². The molecular formula is C19H12Cl3FN2O. The Kier molecular flexibility index (Phi) is 5.77. The van der Waals surface area contributed by atoms with E-state index in [2.05, 4.69) is 10.3 Å². The monoisotopic (exact) mass is 408 g/mol. The summed E-state index contributed by atoms with van der Waals surface area (Å²) < 4.78 is 14.4. The molecule has 0 bridgehead atoms. The molecule has 0 radical (unpaired) electrons. The molecule has 0 unspecified atom stereocenters. The van der Waals surface area contributed by atoms with Crippen molar-refractivity contribution in [1.29, 1.82) is 0 Å². The first-order valence-electron chi connectivity index (χ1n) is 7.58. The maximum atomic E-state index is 14.4. The second-order valence-corrected chi connectivity index (χ2v) is 6.68. The lowest BCUT2D eigenvalue weighted by atomic mass is 10.1. The molecule has 0 fully saturated rings. The smallest absolute Gasteiger partial charge is 0.251 e. The van der Waals surface area contributed by atoms with Crippen molar-refractivity contribution in [2.75, 3.05) is 0 Å². The second-order valence-electron chi connectivity index (χ2n) is 5.46. The number of nitrogens with zero attached hydrogens (tertiary/aromatic N) is 1. The summed E-state index contributed by atoms with van der Waals surface area (Å²) in [7, 11) is 0. The van der Waals surface area contributed by atoms with Crippen molar-refractivity contribution in [3.63, 3.8) is 0 Å². The number of aromatic nitrogens is 1. The molecule has 1 N–H and O–H groups in total. The van der Waals surface area contributed by atoms with Crippen LogP contribution in [0.2, 0.25) is 15.1 Å². The van der Waals surface area contributed by atoms with Gasteiger partial charge >= 0.3 is 0 Å². The number of halogens is 4. The van der Waals surface area contributed by atoms with Crippen molar-refractivity contribution in [1.82, 2.24) is 10.3 Å². The Labute approximate surface area is 164 Å². The summed E-state index contributed by atoms with van der Waals surface area (Å²) in [5, 5.41) is 3.89. The highest BCUT2D eigenvalue weighted by Gasteiger charge is 2.14. The van der Waals surface area contributed by atoms with Gasteiger partial charge in [-0.15, -0.1) is 0 Å². The molecule has 132 valence electrons. The molecule has 0 atom stereocenters. The molecule has 0 aliphatic heterocycles. The van der Waals surface area contributed by atoms with Crippen molar-refractivity contribution >= 4 is 40.7 Å². The number of hydrogen-bond acceptors (Lipinski definition) is 2. The molecule has 2 aromatic carbocycles.